The highest BCUT2D eigenvalue weighted by molar-refractivity contribution is 9.10. The largest absolute Gasteiger partial charge is 0.383 e. The third-order valence-electron chi connectivity index (χ3n) is 5.60. The van der Waals surface area contributed by atoms with Crippen molar-refractivity contribution in [3.8, 4) is 0 Å². The molecule has 7 heteroatoms. The molecule has 1 atom stereocenters. The topological polar surface area (TPSA) is 50.9 Å². The Labute approximate surface area is 188 Å². The minimum absolute atomic E-state index is 0.0725. The van der Waals surface area contributed by atoms with Gasteiger partial charge in [-0.3, -0.25) is 0 Å². The van der Waals surface area contributed by atoms with Gasteiger partial charge in [0.15, 0.2) is 0 Å². The molecule has 2 aromatic rings. The molecule has 0 spiro atoms. The van der Waals surface area contributed by atoms with Crippen molar-refractivity contribution in [1.82, 2.24) is 9.80 Å². The zero-order valence-corrected chi connectivity index (χ0v) is 19.7. The number of likely N-dealkylation sites (N-methyl/N-ethyl adjacent to an activating group) is 2. The van der Waals surface area contributed by atoms with Crippen LogP contribution in [0.4, 0.5) is 21.9 Å². The van der Waals surface area contributed by atoms with Gasteiger partial charge < -0.3 is 25.3 Å². The normalized spacial score (nSPS) is 16.0. The lowest BCUT2D eigenvalue weighted by Gasteiger charge is -2.23. The molecule has 2 N–H and O–H groups in total. The first-order valence-electron chi connectivity index (χ1n) is 10.5. The van der Waals surface area contributed by atoms with Crippen LogP contribution in [0.15, 0.2) is 53.0 Å². The van der Waals surface area contributed by atoms with Gasteiger partial charge in [-0.2, -0.15) is 0 Å². The van der Waals surface area contributed by atoms with Gasteiger partial charge in [0.2, 0.25) is 0 Å². The zero-order valence-electron chi connectivity index (χ0n) is 18.1. The average molecular weight is 474 g/mol. The molecule has 1 saturated heterocycles. The summed E-state index contributed by atoms with van der Waals surface area (Å²) in [5.41, 5.74) is 3.08. The number of carbonyl (C=O) groups is 1. The van der Waals surface area contributed by atoms with Crippen molar-refractivity contribution >= 4 is 39.0 Å². The Bertz CT molecular complexity index is 809. The molecule has 0 aromatic heterocycles. The van der Waals surface area contributed by atoms with Crippen LogP contribution in [0.2, 0.25) is 0 Å². The highest BCUT2D eigenvalue weighted by Gasteiger charge is 2.24. The van der Waals surface area contributed by atoms with Crippen molar-refractivity contribution in [2.75, 3.05) is 62.4 Å². The molecule has 1 unspecified atom stereocenters. The molecule has 1 heterocycles. The van der Waals surface area contributed by atoms with Gasteiger partial charge in [-0.05, 0) is 76.0 Å². The molecule has 6 nitrogen and oxygen atoms in total. The van der Waals surface area contributed by atoms with E-state index in [0.29, 0.717) is 25.7 Å². The van der Waals surface area contributed by atoms with Gasteiger partial charge in [0.05, 0.1) is 0 Å². The Balaban J connectivity index is 1.48. The lowest BCUT2D eigenvalue weighted by Crippen LogP contribution is -2.38. The average Bonchev–Trinajstić information content (AvgIpc) is 3.24. The van der Waals surface area contributed by atoms with E-state index < -0.39 is 0 Å². The monoisotopic (exact) mass is 473 g/mol. The molecule has 1 aliphatic heterocycles. The lowest BCUT2D eigenvalue weighted by atomic mass is 10.2. The van der Waals surface area contributed by atoms with E-state index in [0.717, 1.165) is 28.9 Å². The lowest BCUT2D eigenvalue weighted by molar-refractivity contribution is 0.216. The van der Waals surface area contributed by atoms with Crippen molar-refractivity contribution < 1.29 is 4.79 Å². The Morgan fingerprint density at radius 2 is 1.77 bits per heavy atom. The van der Waals surface area contributed by atoms with Crippen LogP contribution in [0.3, 0.4) is 0 Å². The van der Waals surface area contributed by atoms with Gasteiger partial charge in [0.1, 0.15) is 0 Å². The number of amides is 2. The molecule has 1 aliphatic rings. The number of halogens is 1. The van der Waals surface area contributed by atoms with Crippen molar-refractivity contribution in [3.63, 3.8) is 0 Å². The van der Waals surface area contributed by atoms with Crippen LogP contribution in [0, 0.1) is 0 Å². The third-order valence-corrected chi connectivity index (χ3v) is 6.13. The van der Waals surface area contributed by atoms with Gasteiger partial charge in [0, 0.05) is 60.3 Å². The van der Waals surface area contributed by atoms with E-state index in [1.165, 1.54) is 12.1 Å². The van der Waals surface area contributed by atoms with Gasteiger partial charge in [0.25, 0.3) is 0 Å². The minimum atomic E-state index is -0.0725. The molecule has 0 radical (unpaired) electrons. The summed E-state index contributed by atoms with van der Waals surface area (Å²) in [5, 5.41) is 6.37. The number of urea groups is 1. The first-order valence-corrected chi connectivity index (χ1v) is 11.3. The van der Waals surface area contributed by atoms with Crippen LogP contribution >= 0.6 is 15.9 Å². The molecule has 2 aromatic carbocycles. The maximum Gasteiger partial charge on any atom is 0.321 e. The Morgan fingerprint density at radius 3 is 2.37 bits per heavy atom. The molecule has 2 amide bonds. The molecular weight excluding hydrogens is 442 g/mol. The number of carbonyl (C=O) groups excluding carboxylic acids is 1. The molecule has 3 rings (SSSR count). The predicted octanol–water partition coefficient (Wildman–Crippen LogP) is 4.56. The first kappa shape index (κ1) is 22.4. The fourth-order valence-electron chi connectivity index (χ4n) is 3.66. The number of nitrogens with zero attached hydrogens (tertiary/aromatic N) is 3. The predicted molar refractivity (Wildman–Crippen MR) is 130 cm³/mol. The second-order valence-electron chi connectivity index (χ2n) is 7.84. The second-order valence-corrected chi connectivity index (χ2v) is 8.76. The second kappa shape index (κ2) is 10.7. The minimum Gasteiger partial charge on any atom is -0.383 e. The van der Waals surface area contributed by atoms with Gasteiger partial charge in [-0.1, -0.05) is 15.9 Å². The standard InChI is InChI=1S/C23H32BrN5O/c1-4-28(16-14-25-19-7-5-18(24)6-8-19)23(30)26-20-9-11-21(12-10-20)29-15-13-22(17-29)27(2)3/h5-12,22,25H,4,13-17H2,1-3H3,(H,26,30). The fraction of sp³-hybridized carbons (Fsp3) is 0.435. The third kappa shape index (κ3) is 6.12. The molecule has 30 heavy (non-hydrogen) atoms. The summed E-state index contributed by atoms with van der Waals surface area (Å²) in [6.45, 7) is 6.11. The van der Waals surface area contributed by atoms with E-state index in [-0.39, 0.29) is 6.03 Å². The highest BCUT2D eigenvalue weighted by Crippen LogP contribution is 2.24. The SMILES string of the molecule is CCN(CCNc1ccc(Br)cc1)C(=O)Nc1ccc(N2CCC(N(C)C)C2)cc1. The van der Waals surface area contributed by atoms with E-state index in [1.54, 1.807) is 0 Å². The van der Waals surface area contributed by atoms with Crippen molar-refractivity contribution in [1.29, 1.82) is 0 Å². The molecule has 0 bridgehead atoms. The molecule has 0 saturated carbocycles. The Kier molecular flexibility index (Phi) is 7.99. The maximum atomic E-state index is 12.7. The summed E-state index contributed by atoms with van der Waals surface area (Å²) in [7, 11) is 4.28. The van der Waals surface area contributed by atoms with E-state index in [1.807, 2.05) is 48.2 Å². The van der Waals surface area contributed by atoms with Crippen LogP contribution < -0.4 is 15.5 Å². The first-order chi connectivity index (χ1) is 14.5. The molecule has 162 valence electrons. The summed E-state index contributed by atoms with van der Waals surface area (Å²) in [6.07, 6.45) is 1.19. The van der Waals surface area contributed by atoms with Crippen molar-refractivity contribution in [2.24, 2.45) is 0 Å². The van der Waals surface area contributed by atoms with E-state index in [9.17, 15) is 4.79 Å². The van der Waals surface area contributed by atoms with E-state index in [2.05, 4.69) is 62.6 Å². The van der Waals surface area contributed by atoms with Crippen LogP contribution in [0.25, 0.3) is 0 Å². The van der Waals surface area contributed by atoms with Crippen LogP contribution in [-0.2, 0) is 0 Å². The quantitative estimate of drug-likeness (QED) is 0.589. The summed E-state index contributed by atoms with van der Waals surface area (Å²) >= 11 is 3.44. The van der Waals surface area contributed by atoms with Gasteiger partial charge in [-0.15, -0.1) is 0 Å². The van der Waals surface area contributed by atoms with Crippen LogP contribution in [-0.4, -0.2) is 68.7 Å². The smallest absolute Gasteiger partial charge is 0.321 e. The van der Waals surface area contributed by atoms with Gasteiger partial charge in [-0.25, -0.2) is 4.79 Å². The number of hydrogen-bond acceptors (Lipinski definition) is 4. The van der Waals surface area contributed by atoms with E-state index >= 15 is 0 Å². The number of rotatable bonds is 8. The summed E-state index contributed by atoms with van der Waals surface area (Å²) < 4.78 is 1.05. The molecule has 0 aliphatic carbocycles. The number of nitrogens with one attached hydrogen (secondary N) is 2. The summed E-state index contributed by atoms with van der Waals surface area (Å²) in [6, 6.07) is 16.7. The number of benzene rings is 2. The van der Waals surface area contributed by atoms with Crippen LogP contribution in [0.5, 0.6) is 0 Å². The molecule has 1 fully saturated rings. The summed E-state index contributed by atoms with van der Waals surface area (Å²) in [4.78, 5) is 19.2. The van der Waals surface area contributed by atoms with E-state index in [4.69, 9.17) is 0 Å². The Morgan fingerprint density at radius 1 is 1.10 bits per heavy atom. The highest BCUT2D eigenvalue weighted by atomic mass is 79.9. The van der Waals surface area contributed by atoms with Gasteiger partial charge >= 0.3 is 6.03 Å². The van der Waals surface area contributed by atoms with Crippen LogP contribution in [0.1, 0.15) is 13.3 Å². The number of anilines is 3. The summed E-state index contributed by atoms with van der Waals surface area (Å²) in [5.74, 6) is 0. The molecular formula is C23H32BrN5O. The Hall–Kier alpha value is -2.25. The van der Waals surface area contributed by atoms with Crippen molar-refractivity contribution in [3.05, 3.63) is 53.0 Å². The maximum absolute atomic E-state index is 12.7. The fourth-order valence-corrected chi connectivity index (χ4v) is 3.93. The zero-order chi connectivity index (χ0) is 21.5. The number of hydrogen-bond donors (Lipinski definition) is 2. The van der Waals surface area contributed by atoms with Crippen molar-refractivity contribution in [2.45, 2.75) is 19.4 Å².